The van der Waals surface area contributed by atoms with Gasteiger partial charge in [-0.2, -0.15) is 0 Å². The number of hydrogen-bond donors (Lipinski definition) is 0. The fourth-order valence-corrected chi connectivity index (χ4v) is 1.20. The molecule has 1 radical (unpaired) electrons. The molecule has 0 aromatic carbocycles. The number of carbonyl (C=O) groups is 1. The lowest BCUT2D eigenvalue weighted by atomic mass is 10.3. The molecule has 0 aliphatic rings. The Morgan fingerprint density at radius 1 is 1.53 bits per heavy atom. The van der Waals surface area contributed by atoms with Gasteiger partial charge in [0.15, 0.2) is 0 Å². The quantitative estimate of drug-likeness (QED) is 0.285. The SMILES string of the molecule is [3H][B]S(=O)(=O)C/C=C(C)/C=C/C(=O)OCC. The van der Waals surface area contributed by atoms with Crippen LogP contribution in [0.15, 0.2) is 23.8 Å². The first-order valence-corrected chi connectivity index (χ1v) is 6.08. The first-order valence-electron chi connectivity index (χ1n) is 4.95. The number of ether oxygens (including phenoxy) is 1. The van der Waals surface area contributed by atoms with Crippen molar-refractivity contribution in [2.75, 3.05) is 12.4 Å². The third-order valence-electron chi connectivity index (χ3n) is 1.41. The molecule has 0 unspecified atom stereocenters. The minimum Gasteiger partial charge on any atom is -0.463 e. The maximum absolute atomic E-state index is 10.9. The predicted octanol–water partition coefficient (Wildman–Crippen LogP) is 0.283. The van der Waals surface area contributed by atoms with Crippen LogP contribution in [0.5, 0.6) is 0 Å². The highest BCUT2D eigenvalue weighted by Crippen LogP contribution is 1.97. The summed E-state index contributed by atoms with van der Waals surface area (Å²) in [4.78, 5) is 10.9. The number of allylic oxidation sites excluding steroid dienone is 2. The van der Waals surface area contributed by atoms with Gasteiger partial charge in [-0.3, -0.25) is 0 Å². The Labute approximate surface area is 92.6 Å². The molecule has 0 rings (SSSR count). The van der Waals surface area contributed by atoms with Crippen molar-refractivity contribution < 1.29 is 17.9 Å². The summed E-state index contributed by atoms with van der Waals surface area (Å²) in [5, 5.41) is 0. The van der Waals surface area contributed by atoms with Crippen LogP contribution in [-0.2, 0) is 19.2 Å². The lowest BCUT2D eigenvalue weighted by Gasteiger charge is -1.95. The molecule has 0 aromatic heterocycles. The van der Waals surface area contributed by atoms with Gasteiger partial charge in [-0.25, -0.2) is 13.2 Å². The molecule has 0 heterocycles. The lowest BCUT2D eigenvalue weighted by Crippen LogP contribution is -2.02. The zero-order valence-corrected chi connectivity index (χ0v) is 9.58. The molecule has 0 bridgehead atoms. The maximum atomic E-state index is 10.9. The summed E-state index contributed by atoms with van der Waals surface area (Å²) in [6, 6.07) is 0. The monoisotopic (exact) mass is 231 g/mol. The predicted molar refractivity (Wildman–Crippen MR) is 60.5 cm³/mol. The summed E-state index contributed by atoms with van der Waals surface area (Å²) in [5.41, 5.74) is 0.624. The Morgan fingerprint density at radius 2 is 2.20 bits per heavy atom. The number of esters is 1. The van der Waals surface area contributed by atoms with Crippen LogP contribution in [0.4, 0.5) is 0 Å². The minimum atomic E-state index is -3.45. The van der Waals surface area contributed by atoms with Gasteiger partial charge >= 0.3 is 5.97 Å². The second-order valence-corrected chi connectivity index (χ2v) is 4.52. The average molecular weight is 231 g/mol. The zero-order valence-electron chi connectivity index (χ0n) is 9.76. The Bertz CT molecular complexity index is 386. The topological polar surface area (TPSA) is 60.4 Å². The molecule has 0 aromatic rings. The van der Waals surface area contributed by atoms with Crippen LogP contribution in [0.25, 0.3) is 0 Å². The largest absolute Gasteiger partial charge is 0.463 e. The van der Waals surface area contributed by atoms with E-state index in [4.69, 9.17) is 1.34 Å². The molecular formula is C9H14BO4S. The Balaban J connectivity index is 4.31. The second-order valence-electron chi connectivity index (χ2n) is 2.86. The maximum Gasteiger partial charge on any atom is 0.330 e. The summed E-state index contributed by atoms with van der Waals surface area (Å²) in [5.74, 6) is -0.708. The van der Waals surface area contributed by atoms with Gasteiger partial charge in [0.1, 0.15) is 0 Å². The Hall–Kier alpha value is -1.04. The van der Waals surface area contributed by atoms with Crippen molar-refractivity contribution in [2.24, 2.45) is 0 Å². The molecule has 0 aliphatic heterocycles. The molecule has 0 aliphatic carbocycles. The molecule has 83 valence electrons. The van der Waals surface area contributed by atoms with E-state index in [-0.39, 0.29) is 5.75 Å². The normalized spacial score (nSPS) is 13.7. The number of hydrogen-bond acceptors (Lipinski definition) is 4. The first kappa shape index (κ1) is 12.0. The van der Waals surface area contributed by atoms with Crippen molar-refractivity contribution in [3.63, 3.8) is 0 Å². The highest BCUT2D eigenvalue weighted by molar-refractivity contribution is 8.12. The van der Waals surface area contributed by atoms with Gasteiger partial charge in [-0.15, -0.1) is 0 Å². The second kappa shape index (κ2) is 6.45. The van der Waals surface area contributed by atoms with E-state index in [0.717, 1.165) is 0 Å². The minimum absolute atomic E-state index is 0.241. The van der Waals surface area contributed by atoms with Gasteiger partial charge in [-0.1, -0.05) is 17.7 Å². The first-order chi connectivity index (χ1) is 7.41. The van der Waals surface area contributed by atoms with Gasteiger partial charge in [0.05, 0.1) is 22.0 Å². The van der Waals surface area contributed by atoms with E-state index in [2.05, 4.69) is 4.74 Å². The molecular weight excluding hydrogens is 215 g/mol. The fourth-order valence-electron chi connectivity index (χ4n) is 0.705. The Kier molecular flexibility index (Phi) is 5.17. The molecule has 4 nitrogen and oxygen atoms in total. The van der Waals surface area contributed by atoms with Crippen molar-refractivity contribution in [3.05, 3.63) is 23.8 Å². The summed E-state index contributed by atoms with van der Waals surface area (Å²) < 4.78 is 33.2. The van der Waals surface area contributed by atoms with Crippen LogP contribution in [0, 0.1) is 0 Å². The third kappa shape index (κ3) is 9.27. The lowest BCUT2D eigenvalue weighted by molar-refractivity contribution is -0.137. The van der Waals surface area contributed by atoms with E-state index in [1.165, 1.54) is 18.2 Å². The van der Waals surface area contributed by atoms with E-state index in [1.54, 1.807) is 13.8 Å². The molecule has 0 fully saturated rings. The zero-order chi connectivity index (χ0) is 12.6. The van der Waals surface area contributed by atoms with E-state index in [9.17, 15) is 13.2 Å². The molecule has 0 N–H and O–H groups in total. The van der Waals surface area contributed by atoms with Gasteiger partial charge in [0.25, 0.3) is 7.09 Å². The van der Waals surface area contributed by atoms with Crippen molar-refractivity contribution in [1.29, 1.82) is 1.34 Å². The van der Waals surface area contributed by atoms with Crippen LogP contribution >= 0.6 is 0 Å². The molecule has 0 atom stereocenters. The third-order valence-corrected chi connectivity index (χ3v) is 2.04. The van der Waals surface area contributed by atoms with Gasteiger partial charge in [0, 0.05) is 6.08 Å². The van der Waals surface area contributed by atoms with E-state index in [0.29, 0.717) is 19.3 Å². The van der Waals surface area contributed by atoms with E-state index < -0.39 is 15.7 Å². The summed E-state index contributed by atoms with van der Waals surface area (Å²) in [6.07, 6.45) is 4.12. The molecule has 15 heavy (non-hydrogen) atoms. The average Bonchev–Trinajstić information content (AvgIpc) is 2.24. The molecule has 6 heteroatoms. The van der Waals surface area contributed by atoms with Gasteiger partial charge in [-0.05, 0) is 15.2 Å². The van der Waals surface area contributed by atoms with Crippen LogP contribution in [0.3, 0.4) is 0 Å². The van der Waals surface area contributed by atoms with Crippen molar-refractivity contribution >= 4 is 22.7 Å². The van der Waals surface area contributed by atoms with Crippen LogP contribution in [0.2, 0.25) is 0 Å². The van der Waals surface area contributed by atoms with Crippen molar-refractivity contribution in [2.45, 2.75) is 13.8 Å². The molecule has 0 saturated heterocycles. The smallest absolute Gasteiger partial charge is 0.330 e. The van der Waals surface area contributed by atoms with Gasteiger partial charge in [0.2, 0.25) is 0 Å². The number of rotatable bonds is 6. The van der Waals surface area contributed by atoms with Crippen molar-refractivity contribution in [1.82, 2.24) is 0 Å². The van der Waals surface area contributed by atoms with Crippen LogP contribution in [0.1, 0.15) is 13.8 Å². The van der Waals surface area contributed by atoms with Crippen LogP contribution in [-0.4, -0.2) is 35.2 Å². The summed E-state index contributed by atoms with van der Waals surface area (Å²) in [6.45, 7) is 3.66. The van der Waals surface area contributed by atoms with E-state index >= 15 is 0 Å². The summed E-state index contributed by atoms with van der Waals surface area (Å²) >= 11 is 0. The van der Waals surface area contributed by atoms with E-state index in [1.807, 2.05) is 0 Å². The van der Waals surface area contributed by atoms with Crippen molar-refractivity contribution in [3.8, 4) is 0 Å². The highest BCUT2D eigenvalue weighted by atomic mass is 32.2. The molecule has 0 spiro atoms. The molecule has 0 amide bonds. The Morgan fingerprint density at radius 3 is 2.73 bits per heavy atom. The highest BCUT2D eigenvalue weighted by Gasteiger charge is 1.98. The fraction of sp³-hybridized carbons (Fsp3) is 0.444. The number of carbonyl (C=O) groups excluding carboxylic acids is 1. The van der Waals surface area contributed by atoms with Gasteiger partial charge < -0.3 is 4.74 Å². The summed E-state index contributed by atoms with van der Waals surface area (Å²) in [7, 11) is -3.04. The van der Waals surface area contributed by atoms with Crippen LogP contribution < -0.4 is 0 Å². The molecule has 0 saturated carbocycles. The standard InChI is InChI=1S/C9H14BO4S/c1-3-14-9(11)5-4-8(2)6-7-15(10,12)13/h4-6,10H,3,7H2,1-2H3/b5-4+,8-6+/i10T.